The normalized spacial score (nSPS) is 10.8. The van der Waals surface area contributed by atoms with Crippen LogP contribution in [0.4, 0.5) is 5.69 Å². The molecule has 0 spiro atoms. The van der Waals surface area contributed by atoms with E-state index in [9.17, 15) is 4.79 Å². The molecule has 5 heteroatoms. The molecule has 2 heterocycles. The fourth-order valence-corrected chi connectivity index (χ4v) is 2.62. The third kappa shape index (κ3) is 2.83. The third-order valence-electron chi connectivity index (χ3n) is 3.29. The number of carbonyl (C=O) groups excluding carboxylic acids is 1. The van der Waals surface area contributed by atoms with E-state index in [2.05, 4.69) is 26.2 Å². The Hall–Kier alpha value is -2.14. The molecule has 0 fully saturated rings. The Morgan fingerprint density at radius 1 is 1.24 bits per heavy atom. The van der Waals surface area contributed by atoms with E-state index in [-0.39, 0.29) is 5.91 Å². The summed E-state index contributed by atoms with van der Waals surface area (Å²) in [6.07, 6.45) is 3.64. The molecular formula is C16H14BrN3O. The Bertz CT molecular complexity index is 839. The highest BCUT2D eigenvalue weighted by molar-refractivity contribution is 9.10. The second kappa shape index (κ2) is 5.33. The molecular weight excluding hydrogens is 330 g/mol. The first-order valence-electron chi connectivity index (χ1n) is 6.56. The van der Waals surface area contributed by atoms with Crippen LogP contribution in [-0.4, -0.2) is 15.3 Å². The summed E-state index contributed by atoms with van der Waals surface area (Å²) in [4.78, 5) is 16.7. The van der Waals surface area contributed by atoms with Crippen molar-refractivity contribution in [3.05, 3.63) is 64.0 Å². The molecule has 0 aliphatic rings. The molecule has 3 aromatic rings. The van der Waals surface area contributed by atoms with Gasteiger partial charge in [-0.25, -0.2) is 4.98 Å². The molecule has 0 unspecified atom stereocenters. The van der Waals surface area contributed by atoms with E-state index in [1.54, 1.807) is 6.20 Å². The predicted molar refractivity (Wildman–Crippen MR) is 86.8 cm³/mol. The molecule has 0 radical (unpaired) electrons. The minimum absolute atomic E-state index is 0.207. The molecule has 0 aliphatic carbocycles. The van der Waals surface area contributed by atoms with E-state index in [0.29, 0.717) is 5.69 Å². The van der Waals surface area contributed by atoms with Crippen LogP contribution in [0.5, 0.6) is 0 Å². The van der Waals surface area contributed by atoms with Crippen molar-refractivity contribution < 1.29 is 4.79 Å². The van der Waals surface area contributed by atoms with Gasteiger partial charge in [-0.2, -0.15) is 0 Å². The number of halogens is 1. The van der Waals surface area contributed by atoms with E-state index in [4.69, 9.17) is 0 Å². The SMILES string of the molecule is Cc1ccn2cc(C(=O)Nc3ccc(Br)cc3C)nc2c1. The number of anilines is 1. The van der Waals surface area contributed by atoms with Gasteiger partial charge in [0.15, 0.2) is 0 Å². The van der Waals surface area contributed by atoms with Crippen LogP contribution in [0.25, 0.3) is 5.65 Å². The number of imidazole rings is 1. The monoisotopic (exact) mass is 343 g/mol. The highest BCUT2D eigenvalue weighted by atomic mass is 79.9. The van der Waals surface area contributed by atoms with Crippen molar-refractivity contribution in [3.63, 3.8) is 0 Å². The van der Waals surface area contributed by atoms with Gasteiger partial charge in [0.25, 0.3) is 5.91 Å². The first kappa shape index (κ1) is 13.8. The van der Waals surface area contributed by atoms with Gasteiger partial charge in [0.05, 0.1) is 0 Å². The van der Waals surface area contributed by atoms with Crippen LogP contribution < -0.4 is 5.32 Å². The number of aryl methyl sites for hydroxylation is 2. The lowest BCUT2D eigenvalue weighted by atomic mass is 10.2. The molecule has 0 aliphatic heterocycles. The van der Waals surface area contributed by atoms with E-state index >= 15 is 0 Å². The average molecular weight is 344 g/mol. The summed E-state index contributed by atoms with van der Waals surface area (Å²) in [5.41, 5.74) is 4.08. The van der Waals surface area contributed by atoms with Crippen molar-refractivity contribution in [1.82, 2.24) is 9.38 Å². The van der Waals surface area contributed by atoms with Crippen LogP contribution in [0.3, 0.4) is 0 Å². The first-order valence-corrected chi connectivity index (χ1v) is 7.35. The van der Waals surface area contributed by atoms with Crippen molar-refractivity contribution in [2.75, 3.05) is 5.32 Å². The van der Waals surface area contributed by atoms with Gasteiger partial charge >= 0.3 is 0 Å². The number of fused-ring (bicyclic) bond motifs is 1. The van der Waals surface area contributed by atoms with Crippen molar-refractivity contribution in [2.45, 2.75) is 13.8 Å². The Balaban J connectivity index is 1.89. The Labute approximate surface area is 131 Å². The van der Waals surface area contributed by atoms with Crippen LogP contribution in [-0.2, 0) is 0 Å². The fourth-order valence-electron chi connectivity index (χ4n) is 2.15. The summed E-state index contributed by atoms with van der Waals surface area (Å²) in [7, 11) is 0. The van der Waals surface area contributed by atoms with E-state index in [0.717, 1.165) is 26.9 Å². The summed E-state index contributed by atoms with van der Waals surface area (Å²) in [5.74, 6) is -0.207. The lowest BCUT2D eigenvalue weighted by molar-refractivity contribution is 0.102. The maximum absolute atomic E-state index is 12.3. The van der Waals surface area contributed by atoms with Crippen molar-refractivity contribution in [2.24, 2.45) is 0 Å². The summed E-state index contributed by atoms with van der Waals surface area (Å²) in [6, 6.07) is 9.66. The summed E-state index contributed by atoms with van der Waals surface area (Å²) in [6.45, 7) is 3.95. The predicted octanol–water partition coefficient (Wildman–Crippen LogP) is 3.97. The fraction of sp³-hybridized carbons (Fsp3) is 0.125. The third-order valence-corrected chi connectivity index (χ3v) is 3.78. The Morgan fingerprint density at radius 3 is 2.81 bits per heavy atom. The summed E-state index contributed by atoms with van der Waals surface area (Å²) >= 11 is 3.41. The highest BCUT2D eigenvalue weighted by Gasteiger charge is 2.12. The number of hydrogen-bond acceptors (Lipinski definition) is 2. The maximum atomic E-state index is 12.3. The minimum atomic E-state index is -0.207. The van der Waals surface area contributed by atoms with Gasteiger partial charge in [0, 0.05) is 22.6 Å². The van der Waals surface area contributed by atoms with E-state index < -0.39 is 0 Å². The number of nitrogens with one attached hydrogen (secondary N) is 1. The first-order chi connectivity index (χ1) is 10.0. The maximum Gasteiger partial charge on any atom is 0.275 e. The Morgan fingerprint density at radius 2 is 2.05 bits per heavy atom. The Kier molecular flexibility index (Phi) is 3.51. The van der Waals surface area contributed by atoms with Gasteiger partial charge in [-0.15, -0.1) is 0 Å². The summed E-state index contributed by atoms with van der Waals surface area (Å²) < 4.78 is 2.83. The van der Waals surface area contributed by atoms with Gasteiger partial charge in [0.2, 0.25) is 0 Å². The molecule has 21 heavy (non-hydrogen) atoms. The molecule has 106 valence electrons. The molecule has 0 bridgehead atoms. The molecule has 1 N–H and O–H groups in total. The number of hydrogen-bond donors (Lipinski definition) is 1. The second-order valence-electron chi connectivity index (χ2n) is 5.01. The number of nitrogens with zero attached hydrogens (tertiary/aromatic N) is 2. The minimum Gasteiger partial charge on any atom is -0.320 e. The zero-order chi connectivity index (χ0) is 15.0. The standard InChI is InChI=1S/C16H14BrN3O/c1-10-5-6-20-9-14(18-15(20)7-10)16(21)19-13-4-3-12(17)8-11(13)2/h3-9H,1-2H3,(H,19,21). The van der Waals surface area contributed by atoms with Crippen LogP contribution in [0.1, 0.15) is 21.6 Å². The van der Waals surface area contributed by atoms with Crippen LogP contribution in [0, 0.1) is 13.8 Å². The van der Waals surface area contributed by atoms with Crippen molar-refractivity contribution >= 4 is 33.2 Å². The summed E-state index contributed by atoms with van der Waals surface area (Å²) in [5, 5.41) is 2.89. The number of aromatic nitrogens is 2. The van der Waals surface area contributed by atoms with Crippen LogP contribution in [0.15, 0.2) is 47.2 Å². The largest absolute Gasteiger partial charge is 0.320 e. The highest BCUT2D eigenvalue weighted by Crippen LogP contribution is 2.20. The van der Waals surface area contributed by atoms with Crippen molar-refractivity contribution in [1.29, 1.82) is 0 Å². The number of carbonyl (C=O) groups is 1. The zero-order valence-electron chi connectivity index (χ0n) is 11.7. The van der Waals surface area contributed by atoms with Crippen LogP contribution in [0.2, 0.25) is 0 Å². The number of rotatable bonds is 2. The molecule has 1 amide bonds. The molecule has 3 rings (SSSR count). The van der Waals surface area contributed by atoms with Gasteiger partial charge < -0.3 is 9.72 Å². The molecule has 0 saturated carbocycles. The topological polar surface area (TPSA) is 46.4 Å². The lowest BCUT2D eigenvalue weighted by Gasteiger charge is -2.07. The molecule has 2 aromatic heterocycles. The van der Waals surface area contributed by atoms with Gasteiger partial charge in [0.1, 0.15) is 11.3 Å². The number of amides is 1. The van der Waals surface area contributed by atoms with Gasteiger partial charge in [-0.3, -0.25) is 4.79 Å². The molecule has 4 nitrogen and oxygen atoms in total. The lowest BCUT2D eigenvalue weighted by Crippen LogP contribution is -2.13. The quantitative estimate of drug-likeness (QED) is 0.765. The number of benzene rings is 1. The second-order valence-corrected chi connectivity index (χ2v) is 5.92. The molecule has 0 saturated heterocycles. The molecule has 0 atom stereocenters. The van der Waals surface area contributed by atoms with E-state index in [1.807, 2.05) is 54.8 Å². The van der Waals surface area contributed by atoms with E-state index in [1.165, 1.54) is 0 Å². The number of pyridine rings is 1. The van der Waals surface area contributed by atoms with Gasteiger partial charge in [-0.05, 0) is 55.3 Å². The van der Waals surface area contributed by atoms with Gasteiger partial charge in [-0.1, -0.05) is 15.9 Å². The molecule has 1 aromatic carbocycles. The van der Waals surface area contributed by atoms with Crippen molar-refractivity contribution in [3.8, 4) is 0 Å². The smallest absolute Gasteiger partial charge is 0.275 e. The van der Waals surface area contributed by atoms with Crippen LogP contribution >= 0.6 is 15.9 Å². The average Bonchev–Trinajstić information content (AvgIpc) is 2.85. The zero-order valence-corrected chi connectivity index (χ0v) is 13.3.